The average molecular weight is 432 g/mol. The number of hydrogen-bond donors (Lipinski definition) is 2. The molecular weight excluding hydrogens is 406 g/mol. The summed E-state index contributed by atoms with van der Waals surface area (Å²) in [5, 5.41) is 5.47. The molecule has 2 aromatic carbocycles. The quantitative estimate of drug-likeness (QED) is 0.731. The van der Waals surface area contributed by atoms with Crippen LogP contribution in [0, 0.1) is 6.92 Å². The molecule has 0 bridgehead atoms. The summed E-state index contributed by atoms with van der Waals surface area (Å²) in [5.41, 5.74) is 2.50. The first-order chi connectivity index (χ1) is 14.1. The van der Waals surface area contributed by atoms with Gasteiger partial charge in [0.05, 0.1) is 17.1 Å². The summed E-state index contributed by atoms with van der Waals surface area (Å²) in [6.07, 6.45) is 0.0198. The Morgan fingerprint density at radius 2 is 1.97 bits per heavy atom. The zero-order chi connectivity index (χ0) is 22.1. The minimum atomic E-state index is -3.96. The minimum absolute atomic E-state index is 0.0221. The summed E-state index contributed by atoms with van der Waals surface area (Å²) < 4.78 is 32.7. The maximum atomic E-state index is 13.1. The molecule has 0 fully saturated rings. The third-order valence-corrected chi connectivity index (χ3v) is 6.88. The molecule has 0 aliphatic carbocycles. The molecule has 0 aromatic heterocycles. The maximum Gasteiger partial charge on any atom is 0.265 e. The van der Waals surface area contributed by atoms with Crippen LogP contribution in [-0.2, 0) is 26.0 Å². The van der Waals surface area contributed by atoms with E-state index in [0.717, 1.165) is 16.3 Å². The van der Waals surface area contributed by atoms with Crippen LogP contribution in [0.1, 0.15) is 25.0 Å². The molecule has 0 radical (unpaired) electrons. The second kappa shape index (κ2) is 8.45. The minimum Gasteiger partial charge on any atom is -0.479 e. The number of para-hydroxylation sites is 1. The van der Waals surface area contributed by atoms with Gasteiger partial charge in [-0.25, -0.2) is 8.42 Å². The fourth-order valence-electron chi connectivity index (χ4n) is 3.22. The van der Waals surface area contributed by atoms with Crippen LogP contribution in [-0.4, -0.2) is 44.2 Å². The first-order valence-corrected chi connectivity index (χ1v) is 11.0. The number of sulfonamides is 1. The lowest BCUT2D eigenvalue weighted by Crippen LogP contribution is -2.36. The van der Waals surface area contributed by atoms with Crippen molar-refractivity contribution in [2.75, 3.05) is 24.2 Å². The van der Waals surface area contributed by atoms with Crippen LogP contribution in [0.3, 0.4) is 0 Å². The van der Waals surface area contributed by atoms with Crippen molar-refractivity contribution in [3.8, 4) is 5.75 Å². The number of likely N-dealkylation sites (N-methyl/N-ethyl adjacent to an activating group) is 1. The van der Waals surface area contributed by atoms with E-state index in [2.05, 4.69) is 10.6 Å². The van der Waals surface area contributed by atoms with Gasteiger partial charge in [-0.2, -0.15) is 4.31 Å². The van der Waals surface area contributed by atoms with Crippen molar-refractivity contribution in [1.82, 2.24) is 4.31 Å². The first-order valence-electron chi connectivity index (χ1n) is 9.59. The average Bonchev–Trinajstić information content (AvgIpc) is 2.69. The molecule has 30 heavy (non-hydrogen) atoms. The summed E-state index contributed by atoms with van der Waals surface area (Å²) in [6, 6.07) is 10.3. The van der Waals surface area contributed by atoms with Crippen molar-refractivity contribution in [2.45, 2.75) is 38.2 Å². The Morgan fingerprint density at radius 1 is 1.27 bits per heavy atom. The van der Waals surface area contributed by atoms with Gasteiger partial charge in [-0.05, 0) is 43.5 Å². The fraction of sp³-hybridized carbons (Fsp3) is 0.333. The van der Waals surface area contributed by atoms with Gasteiger partial charge in [-0.3, -0.25) is 9.59 Å². The molecule has 0 saturated heterocycles. The molecule has 2 amide bonds. The van der Waals surface area contributed by atoms with Crippen molar-refractivity contribution in [3.63, 3.8) is 0 Å². The molecule has 9 heteroatoms. The van der Waals surface area contributed by atoms with E-state index >= 15 is 0 Å². The van der Waals surface area contributed by atoms with Gasteiger partial charge < -0.3 is 15.4 Å². The predicted molar refractivity (Wildman–Crippen MR) is 114 cm³/mol. The van der Waals surface area contributed by atoms with E-state index in [1.54, 1.807) is 26.0 Å². The molecule has 2 aromatic rings. The second-order valence-electron chi connectivity index (χ2n) is 7.18. The monoisotopic (exact) mass is 431 g/mol. The topological polar surface area (TPSA) is 105 Å². The number of amides is 2. The smallest absolute Gasteiger partial charge is 0.265 e. The SMILES string of the molecule is CCc1ccccc1NC(=O)CN(C)S(=O)(=O)c1cc2c(cc1C)NC(=O)C(C)O2. The van der Waals surface area contributed by atoms with Crippen LogP contribution < -0.4 is 15.4 Å². The zero-order valence-corrected chi connectivity index (χ0v) is 18.2. The lowest BCUT2D eigenvalue weighted by molar-refractivity contribution is -0.122. The molecule has 1 heterocycles. The molecule has 0 saturated carbocycles. The number of ether oxygens (including phenoxy) is 1. The predicted octanol–water partition coefficient (Wildman–Crippen LogP) is 2.54. The molecule has 0 spiro atoms. The Bertz CT molecular complexity index is 1100. The highest BCUT2D eigenvalue weighted by Gasteiger charge is 2.30. The third-order valence-electron chi connectivity index (χ3n) is 4.93. The lowest BCUT2D eigenvalue weighted by atomic mass is 10.1. The van der Waals surface area contributed by atoms with E-state index in [1.165, 1.54) is 13.1 Å². The van der Waals surface area contributed by atoms with Crippen LogP contribution in [0.5, 0.6) is 5.75 Å². The first kappa shape index (κ1) is 21.8. The van der Waals surface area contributed by atoms with Gasteiger partial charge in [-0.1, -0.05) is 25.1 Å². The lowest BCUT2D eigenvalue weighted by Gasteiger charge is -2.25. The van der Waals surface area contributed by atoms with Gasteiger partial charge in [0.15, 0.2) is 6.10 Å². The van der Waals surface area contributed by atoms with Gasteiger partial charge in [0, 0.05) is 18.8 Å². The maximum absolute atomic E-state index is 13.1. The Kier molecular flexibility index (Phi) is 6.14. The highest BCUT2D eigenvalue weighted by atomic mass is 32.2. The molecule has 160 valence electrons. The standard InChI is InChI=1S/C21H25N3O5S/c1-5-15-8-6-7-9-16(15)22-20(25)12-24(4)30(27,28)19-11-18-17(10-13(19)2)23-21(26)14(3)29-18/h6-11,14H,5,12H2,1-4H3,(H,22,25)(H,23,26). The van der Waals surface area contributed by atoms with Crippen molar-refractivity contribution in [3.05, 3.63) is 47.5 Å². The van der Waals surface area contributed by atoms with Crippen LogP contribution in [0.25, 0.3) is 0 Å². The van der Waals surface area contributed by atoms with Gasteiger partial charge in [-0.15, -0.1) is 0 Å². The van der Waals surface area contributed by atoms with E-state index < -0.39 is 22.0 Å². The Balaban J connectivity index is 1.80. The Hall–Kier alpha value is -2.91. The van der Waals surface area contributed by atoms with Crippen molar-refractivity contribution < 1.29 is 22.7 Å². The molecule has 1 unspecified atom stereocenters. The zero-order valence-electron chi connectivity index (χ0n) is 17.4. The fourth-order valence-corrected chi connectivity index (χ4v) is 4.56. The Morgan fingerprint density at radius 3 is 2.67 bits per heavy atom. The number of carbonyl (C=O) groups is 2. The molecule has 1 aliphatic heterocycles. The Labute approximate surface area is 176 Å². The third kappa shape index (κ3) is 4.31. The van der Waals surface area contributed by atoms with E-state index in [4.69, 9.17) is 4.74 Å². The summed E-state index contributed by atoms with van der Waals surface area (Å²) in [7, 11) is -2.61. The number of anilines is 2. The van der Waals surface area contributed by atoms with Crippen LogP contribution in [0.4, 0.5) is 11.4 Å². The van der Waals surface area contributed by atoms with Gasteiger partial charge >= 0.3 is 0 Å². The molecule has 1 aliphatic rings. The summed E-state index contributed by atoms with van der Waals surface area (Å²) in [6.45, 7) is 4.84. The van der Waals surface area contributed by atoms with E-state index in [-0.39, 0.29) is 23.1 Å². The van der Waals surface area contributed by atoms with Crippen LogP contribution >= 0.6 is 0 Å². The molecule has 3 rings (SSSR count). The molecule has 8 nitrogen and oxygen atoms in total. The number of fused-ring (bicyclic) bond motifs is 1. The number of nitrogens with one attached hydrogen (secondary N) is 2. The summed E-state index contributed by atoms with van der Waals surface area (Å²) >= 11 is 0. The molecule has 2 N–H and O–H groups in total. The van der Waals surface area contributed by atoms with E-state index in [0.29, 0.717) is 16.9 Å². The number of hydrogen-bond acceptors (Lipinski definition) is 5. The van der Waals surface area contributed by atoms with Gasteiger partial charge in [0.2, 0.25) is 15.9 Å². The van der Waals surface area contributed by atoms with E-state index in [1.807, 2.05) is 25.1 Å². The second-order valence-corrected chi connectivity index (χ2v) is 9.20. The largest absolute Gasteiger partial charge is 0.479 e. The van der Waals surface area contributed by atoms with Crippen molar-refractivity contribution in [2.24, 2.45) is 0 Å². The number of benzene rings is 2. The van der Waals surface area contributed by atoms with E-state index in [9.17, 15) is 18.0 Å². The van der Waals surface area contributed by atoms with Crippen molar-refractivity contribution >= 4 is 33.2 Å². The van der Waals surface area contributed by atoms with Crippen LogP contribution in [0.2, 0.25) is 0 Å². The van der Waals surface area contributed by atoms with Crippen LogP contribution in [0.15, 0.2) is 41.3 Å². The normalized spacial score (nSPS) is 15.9. The summed E-state index contributed by atoms with van der Waals surface area (Å²) in [4.78, 5) is 24.3. The number of carbonyl (C=O) groups excluding carboxylic acids is 2. The summed E-state index contributed by atoms with van der Waals surface area (Å²) in [5.74, 6) is -0.450. The number of nitrogens with zero attached hydrogens (tertiary/aromatic N) is 1. The highest BCUT2D eigenvalue weighted by Crippen LogP contribution is 2.35. The highest BCUT2D eigenvalue weighted by molar-refractivity contribution is 7.89. The molecule has 1 atom stereocenters. The van der Waals surface area contributed by atoms with Crippen molar-refractivity contribution in [1.29, 1.82) is 0 Å². The number of aryl methyl sites for hydroxylation is 2. The van der Waals surface area contributed by atoms with Gasteiger partial charge in [0.1, 0.15) is 5.75 Å². The number of rotatable bonds is 6. The molecular formula is C21H25N3O5S. The van der Waals surface area contributed by atoms with Gasteiger partial charge in [0.25, 0.3) is 5.91 Å².